The predicted molar refractivity (Wildman–Crippen MR) is 122 cm³/mol. The highest BCUT2D eigenvalue weighted by Crippen LogP contribution is 2.31. The van der Waals surface area contributed by atoms with Crippen molar-refractivity contribution in [2.45, 2.75) is 52.0 Å². The molecule has 0 aromatic carbocycles. The van der Waals surface area contributed by atoms with Gasteiger partial charge in [-0.15, -0.1) is 0 Å². The second kappa shape index (κ2) is 9.34. The van der Waals surface area contributed by atoms with Gasteiger partial charge in [0.2, 0.25) is 0 Å². The number of hydrogen-bond acceptors (Lipinski definition) is 4. The van der Waals surface area contributed by atoms with Crippen molar-refractivity contribution in [2.75, 3.05) is 0 Å². The number of hydrogen-bond donors (Lipinski definition) is 3. The first-order valence-corrected chi connectivity index (χ1v) is 10.7. The minimum atomic E-state index is -1.14. The maximum absolute atomic E-state index is 12.6. The first kappa shape index (κ1) is 23.2. The number of allylic oxidation sites excluding steroid dienone is 6. The van der Waals surface area contributed by atoms with Crippen molar-refractivity contribution >= 4 is 23.7 Å². The summed E-state index contributed by atoms with van der Waals surface area (Å²) in [5, 5.41) is 22.2. The van der Waals surface area contributed by atoms with Crippen LogP contribution in [0.1, 0.15) is 46.5 Å². The van der Waals surface area contributed by atoms with E-state index in [2.05, 4.69) is 10.3 Å². The third-order valence-corrected chi connectivity index (χ3v) is 6.10. The minimum absolute atomic E-state index is 0.0161. The lowest BCUT2D eigenvalue weighted by atomic mass is 9.89. The van der Waals surface area contributed by atoms with Crippen LogP contribution in [0.2, 0.25) is 0 Å². The van der Waals surface area contributed by atoms with Crippen molar-refractivity contribution in [2.24, 2.45) is 10.9 Å². The van der Waals surface area contributed by atoms with Crippen molar-refractivity contribution in [1.82, 2.24) is 5.32 Å². The lowest BCUT2D eigenvalue weighted by molar-refractivity contribution is -0.133. The van der Waals surface area contributed by atoms with Gasteiger partial charge in [-0.2, -0.15) is 0 Å². The molecule has 168 valence electrons. The lowest BCUT2D eigenvalue weighted by Crippen LogP contribution is -2.41. The first-order valence-electron chi connectivity index (χ1n) is 10.7. The Labute approximate surface area is 187 Å². The van der Waals surface area contributed by atoms with Crippen LogP contribution in [0, 0.1) is 5.92 Å². The van der Waals surface area contributed by atoms with Gasteiger partial charge >= 0.3 is 11.9 Å². The van der Waals surface area contributed by atoms with E-state index in [1.54, 1.807) is 37.3 Å². The van der Waals surface area contributed by atoms with Crippen LogP contribution in [0.25, 0.3) is 0 Å². The normalized spacial score (nSPS) is 23.9. The van der Waals surface area contributed by atoms with E-state index in [1.165, 1.54) is 0 Å². The number of nitrogens with one attached hydrogen (secondary N) is 1. The van der Waals surface area contributed by atoms with E-state index in [-0.39, 0.29) is 28.8 Å². The second-order valence-corrected chi connectivity index (χ2v) is 8.52. The molecule has 3 aliphatic rings. The molecule has 32 heavy (non-hydrogen) atoms. The quantitative estimate of drug-likeness (QED) is 0.605. The van der Waals surface area contributed by atoms with Crippen molar-refractivity contribution in [3.05, 3.63) is 70.4 Å². The summed E-state index contributed by atoms with van der Waals surface area (Å²) in [4.78, 5) is 41.0. The molecule has 2 aliphatic carbocycles. The van der Waals surface area contributed by atoms with Gasteiger partial charge in [-0.3, -0.25) is 9.79 Å². The topological polar surface area (TPSA) is 116 Å². The molecule has 7 nitrogen and oxygen atoms in total. The zero-order valence-electron chi connectivity index (χ0n) is 18.5. The molecule has 0 radical (unpaired) electrons. The summed E-state index contributed by atoms with van der Waals surface area (Å²) in [5.74, 6) is -2.25. The zero-order chi connectivity index (χ0) is 23.5. The van der Waals surface area contributed by atoms with Crippen LogP contribution in [0.15, 0.2) is 75.4 Å². The summed E-state index contributed by atoms with van der Waals surface area (Å²) in [6.07, 6.45) is 14.5. The number of rotatable bonds is 5. The standard InChI is InChI=1S/C25H28N2O5/c1-15(2)25(3)24(32)26-21(27-25)19-12-8-7-10-17(14-20(19)23(30)31)16-9-5-4-6-11-18(13-16)22(28)29/h4,6,8,11-15H,5,7,9-10H2,1-3H3,(H,28,29)(H,30,31)(H,26,27,32). The predicted octanol–water partition coefficient (Wildman–Crippen LogP) is 3.87. The summed E-state index contributed by atoms with van der Waals surface area (Å²) in [7, 11) is 0. The van der Waals surface area contributed by atoms with Gasteiger partial charge in [-0.1, -0.05) is 38.2 Å². The van der Waals surface area contributed by atoms with E-state index in [1.807, 2.05) is 26.0 Å². The molecule has 7 heteroatoms. The van der Waals surface area contributed by atoms with Crippen molar-refractivity contribution in [3.63, 3.8) is 0 Å². The molecule has 3 rings (SSSR count). The van der Waals surface area contributed by atoms with Crippen LogP contribution in [0.3, 0.4) is 0 Å². The van der Waals surface area contributed by atoms with E-state index >= 15 is 0 Å². The molecule has 0 bridgehead atoms. The molecule has 0 aromatic heterocycles. The van der Waals surface area contributed by atoms with Gasteiger partial charge in [-0.05, 0) is 67.9 Å². The lowest BCUT2D eigenvalue weighted by Gasteiger charge is -2.21. The van der Waals surface area contributed by atoms with Gasteiger partial charge in [-0.25, -0.2) is 9.59 Å². The van der Waals surface area contributed by atoms with Crippen molar-refractivity contribution in [3.8, 4) is 0 Å². The Balaban J connectivity index is 2.14. The fourth-order valence-corrected chi connectivity index (χ4v) is 3.76. The number of carboxylic acid groups (broad SMARTS) is 2. The number of aliphatic carboxylic acids is 2. The Hall–Kier alpha value is -3.48. The monoisotopic (exact) mass is 436 g/mol. The molecule has 0 fully saturated rings. The second-order valence-electron chi connectivity index (χ2n) is 8.52. The SMILES string of the molecule is CC(C)C1(C)N=C(C2=C(C(=O)O)C=C(C3=CC(C(=O)O)=CC=CCC3)CCC=C2)NC1=O. The van der Waals surface area contributed by atoms with Crippen LogP contribution in [0.5, 0.6) is 0 Å². The number of carbonyl (C=O) groups excluding carboxylic acids is 1. The highest BCUT2D eigenvalue weighted by atomic mass is 16.4. The molecule has 1 atom stereocenters. The third kappa shape index (κ3) is 4.72. The van der Waals surface area contributed by atoms with Crippen LogP contribution < -0.4 is 5.32 Å². The highest BCUT2D eigenvalue weighted by Gasteiger charge is 2.42. The molecule has 0 aromatic rings. The number of amides is 1. The zero-order valence-corrected chi connectivity index (χ0v) is 18.5. The molecule has 1 amide bonds. The van der Waals surface area contributed by atoms with Gasteiger partial charge < -0.3 is 15.5 Å². The Morgan fingerprint density at radius 3 is 2.31 bits per heavy atom. The number of carboxylic acids is 2. The van der Waals surface area contributed by atoms with E-state index in [0.717, 1.165) is 17.6 Å². The molecular weight excluding hydrogens is 408 g/mol. The summed E-state index contributed by atoms with van der Waals surface area (Å²) in [6, 6.07) is 0. The fourth-order valence-electron chi connectivity index (χ4n) is 3.76. The maximum atomic E-state index is 12.6. The number of carbonyl (C=O) groups is 3. The molecule has 0 saturated carbocycles. The van der Waals surface area contributed by atoms with Crippen LogP contribution in [-0.4, -0.2) is 39.4 Å². The van der Waals surface area contributed by atoms with Crippen LogP contribution in [0.4, 0.5) is 0 Å². The fraction of sp³-hybridized carbons (Fsp3) is 0.360. The van der Waals surface area contributed by atoms with Crippen LogP contribution in [-0.2, 0) is 14.4 Å². The molecule has 3 N–H and O–H groups in total. The first-order chi connectivity index (χ1) is 15.1. The summed E-state index contributed by atoms with van der Waals surface area (Å²) in [6.45, 7) is 5.53. The number of amidine groups is 1. The van der Waals surface area contributed by atoms with Gasteiger partial charge in [0.05, 0.1) is 11.1 Å². The highest BCUT2D eigenvalue weighted by molar-refractivity contribution is 6.19. The minimum Gasteiger partial charge on any atom is -0.478 e. The number of aliphatic imine (C=N–C) groups is 1. The van der Waals surface area contributed by atoms with Crippen LogP contribution >= 0.6 is 0 Å². The average molecular weight is 437 g/mol. The van der Waals surface area contributed by atoms with Crippen molar-refractivity contribution < 1.29 is 24.6 Å². The van der Waals surface area contributed by atoms with E-state index < -0.39 is 17.5 Å². The third-order valence-electron chi connectivity index (χ3n) is 6.10. The molecule has 1 heterocycles. The van der Waals surface area contributed by atoms with E-state index in [0.29, 0.717) is 24.8 Å². The molecular formula is C25H28N2O5. The molecule has 1 aliphatic heterocycles. The largest absolute Gasteiger partial charge is 0.478 e. The summed E-state index contributed by atoms with van der Waals surface area (Å²) < 4.78 is 0. The Kier molecular flexibility index (Phi) is 6.77. The summed E-state index contributed by atoms with van der Waals surface area (Å²) >= 11 is 0. The Morgan fingerprint density at radius 2 is 1.72 bits per heavy atom. The van der Waals surface area contributed by atoms with Gasteiger partial charge in [0.25, 0.3) is 5.91 Å². The smallest absolute Gasteiger partial charge is 0.336 e. The van der Waals surface area contributed by atoms with E-state index in [9.17, 15) is 24.6 Å². The van der Waals surface area contributed by atoms with Crippen molar-refractivity contribution in [1.29, 1.82) is 0 Å². The number of nitrogens with zero attached hydrogens (tertiary/aromatic N) is 1. The summed E-state index contributed by atoms with van der Waals surface area (Å²) in [5.41, 5.74) is 1.10. The van der Waals surface area contributed by atoms with Gasteiger partial charge in [0, 0.05) is 5.57 Å². The molecule has 0 saturated heterocycles. The molecule has 0 spiro atoms. The average Bonchev–Trinajstić information content (AvgIpc) is 2.97. The Morgan fingerprint density at radius 1 is 1.06 bits per heavy atom. The molecule has 1 unspecified atom stereocenters. The Bertz CT molecular complexity index is 1070. The van der Waals surface area contributed by atoms with Gasteiger partial charge in [0.1, 0.15) is 11.4 Å². The maximum Gasteiger partial charge on any atom is 0.336 e. The van der Waals surface area contributed by atoms with E-state index in [4.69, 9.17) is 0 Å². The van der Waals surface area contributed by atoms with Gasteiger partial charge in [0.15, 0.2) is 0 Å².